The van der Waals surface area contributed by atoms with Crippen LogP contribution in [-0.4, -0.2) is 32.5 Å². The number of nitrogens with one attached hydrogen (secondary N) is 2. The van der Waals surface area contributed by atoms with E-state index < -0.39 is 18.4 Å². The van der Waals surface area contributed by atoms with Crippen molar-refractivity contribution in [2.24, 2.45) is 0 Å². The SMILES string of the molecule is CCC[SiH]([O-])NC.CCC[SiH]([O-])NC.[Na+].[Na+]. The van der Waals surface area contributed by atoms with Gasteiger partial charge in [0.1, 0.15) is 0 Å². The van der Waals surface area contributed by atoms with Crippen molar-refractivity contribution in [3.05, 3.63) is 0 Å². The number of hydrogen-bond donors (Lipinski definition) is 2. The first-order valence-electron chi connectivity index (χ1n) is 5.28. The molecule has 0 saturated carbocycles. The van der Waals surface area contributed by atoms with Gasteiger partial charge in [0.05, 0.1) is 0 Å². The molecule has 0 bridgehead atoms. The molecule has 0 rings (SSSR count). The van der Waals surface area contributed by atoms with Crippen molar-refractivity contribution in [1.82, 2.24) is 9.96 Å². The van der Waals surface area contributed by atoms with Crippen molar-refractivity contribution in [1.29, 1.82) is 0 Å². The molecule has 2 unspecified atom stereocenters. The molecule has 0 fully saturated rings. The summed E-state index contributed by atoms with van der Waals surface area (Å²) in [5.74, 6) is 0. The zero-order valence-electron chi connectivity index (χ0n) is 11.8. The average molecular weight is 282 g/mol. The van der Waals surface area contributed by atoms with Gasteiger partial charge in [-0.25, -0.2) is 0 Å². The van der Waals surface area contributed by atoms with E-state index in [0.29, 0.717) is 0 Å². The van der Waals surface area contributed by atoms with E-state index in [1.54, 1.807) is 14.1 Å². The first-order chi connectivity index (χ1) is 6.62. The van der Waals surface area contributed by atoms with Crippen LogP contribution in [0.2, 0.25) is 12.1 Å². The molecule has 4 nitrogen and oxygen atoms in total. The van der Waals surface area contributed by atoms with Crippen LogP contribution in [0.1, 0.15) is 26.7 Å². The largest absolute Gasteiger partial charge is 1.00 e. The minimum absolute atomic E-state index is 0. The van der Waals surface area contributed by atoms with E-state index in [1.165, 1.54) is 0 Å². The van der Waals surface area contributed by atoms with E-state index >= 15 is 0 Å². The Bertz CT molecular complexity index is 106. The third-order valence-electron chi connectivity index (χ3n) is 1.75. The summed E-state index contributed by atoms with van der Waals surface area (Å²) in [7, 11) is 0.136. The van der Waals surface area contributed by atoms with Gasteiger partial charge < -0.3 is 19.6 Å². The molecule has 2 atom stereocenters. The van der Waals surface area contributed by atoms with Gasteiger partial charge in [-0.05, 0) is 14.1 Å². The van der Waals surface area contributed by atoms with Gasteiger partial charge in [0, 0.05) is 18.4 Å². The smallest absolute Gasteiger partial charge is 0.850 e. The minimum atomic E-state index is -1.68. The van der Waals surface area contributed by atoms with Gasteiger partial charge in [-0.3, -0.25) is 0 Å². The maximum atomic E-state index is 10.5. The summed E-state index contributed by atoms with van der Waals surface area (Å²) in [6.07, 6.45) is 2.06. The molecule has 0 aromatic rings. The Morgan fingerprint density at radius 3 is 1.12 bits per heavy atom. The van der Waals surface area contributed by atoms with Gasteiger partial charge in [-0.2, -0.15) is 0 Å². The minimum Gasteiger partial charge on any atom is -0.850 e. The second-order valence-corrected chi connectivity index (χ2v) is 7.40. The van der Waals surface area contributed by atoms with Gasteiger partial charge in [0.2, 0.25) is 0 Å². The zero-order valence-corrected chi connectivity index (χ0v) is 18.1. The van der Waals surface area contributed by atoms with Crippen LogP contribution in [0.15, 0.2) is 0 Å². The molecule has 0 heterocycles. The summed E-state index contributed by atoms with van der Waals surface area (Å²) in [6, 6.07) is 1.74. The van der Waals surface area contributed by atoms with Crippen molar-refractivity contribution in [3.8, 4) is 0 Å². The molecule has 0 radical (unpaired) electrons. The van der Waals surface area contributed by atoms with Crippen LogP contribution in [-0.2, 0) is 0 Å². The zero-order chi connectivity index (χ0) is 11.4. The van der Waals surface area contributed by atoms with Crippen LogP contribution in [0.4, 0.5) is 0 Å². The summed E-state index contributed by atoms with van der Waals surface area (Å²) in [5.41, 5.74) is 0. The van der Waals surface area contributed by atoms with Crippen molar-refractivity contribution >= 4 is 18.4 Å². The van der Waals surface area contributed by atoms with Gasteiger partial charge in [-0.1, -0.05) is 38.8 Å². The Morgan fingerprint density at radius 2 is 1.06 bits per heavy atom. The maximum absolute atomic E-state index is 10.5. The summed E-state index contributed by atoms with van der Waals surface area (Å²) in [5, 5.41) is 0. The molecule has 0 aliphatic carbocycles. The molecule has 0 amide bonds. The molecular formula is C8H24N2Na2O2Si2. The molecule has 8 heteroatoms. The summed E-state index contributed by atoms with van der Waals surface area (Å²) in [4.78, 5) is 26.5. The van der Waals surface area contributed by atoms with Crippen molar-refractivity contribution in [3.63, 3.8) is 0 Å². The van der Waals surface area contributed by atoms with Crippen molar-refractivity contribution < 1.29 is 68.7 Å². The molecule has 0 spiro atoms. The third kappa shape index (κ3) is 25.2. The molecule has 0 aliphatic rings. The number of rotatable bonds is 6. The molecule has 0 saturated heterocycles. The Balaban J connectivity index is -0.0000000800. The fraction of sp³-hybridized carbons (Fsp3) is 1.00. The fourth-order valence-corrected chi connectivity index (χ4v) is 2.44. The fourth-order valence-electron chi connectivity index (χ4n) is 0.813. The van der Waals surface area contributed by atoms with Crippen LogP contribution in [0.25, 0.3) is 0 Å². The second kappa shape index (κ2) is 22.5. The van der Waals surface area contributed by atoms with Crippen molar-refractivity contribution in [2.75, 3.05) is 14.1 Å². The molecule has 0 aromatic carbocycles. The van der Waals surface area contributed by atoms with Gasteiger partial charge in [0.15, 0.2) is 0 Å². The number of hydrogen-bond acceptors (Lipinski definition) is 4. The Morgan fingerprint density at radius 1 is 0.812 bits per heavy atom. The normalized spacial score (nSPS) is 12.4. The van der Waals surface area contributed by atoms with Gasteiger partial charge in [-0.15, -0.1) is 0 Å². The van der Waals surface area contributed by atoms with E-state index in [2.05, 4.69) is 9.96 Å². The van der Waals surface area contributed by atoms with E-state index in [1.807, 2.05) is 13.8 Å². The second-order valence-electron chi connectivity index (χ2n) is 3.13. The molecule has 0 aliphatic heterocycles. The van der Waals surface area contributed by atoms with Crippen LogP contribution in [0, 0.1) is 0 Å². The summed E-state index contributed by atoms with van der Waals surface area (Å²) < 4.78 is 0. The quantitative estimate of drug-likeness (QED) is 0.475. The summed E-state index contributed by atoms with van der Waals surface area (Å²) >= 11 is 0. The first-order valence-corrected chi connectivity index (χ1v) is 9.01. The molecular weight excluding hydrogens is 258 g/mol. The Hall–Kier alpha value is 2.27. The molecule has 16 heavy (non-hydrogen) atoms. The Kier molecular flexibility index (Phi) is 37.6. The molecule has 0 aromatic heterocycles. The van der Waals surface area contributed by atoms with E-state index in [0.717, 1.165) is 24.9 Å². The van der Waals surface area contributed by atoms with E-state index in [9.17, 15) is 9.59 Å². The van der Waals surface area contributed by atoms with Crippen LogP contribution >= 0.6 is 0 Å². The Labute approximate surface area is 148 Å². The predicted molar refractivity (Wildman–Crippen MR) is 62.6 cm³/mol. The predicted octanol–water partition coefficient (Wildman–Crippen LogP) is -7.60. The standard InChI is InChI=1S/2C4H12NOSi.2Na/c2*1-3-4-7(6)5-2;;/h2*5,7H,3-4H2,1-2H3;;/q2*-1;2*+1. The van der Waals surface area contributed by atoms with Gasteiger partial charge >= 0.3 is 59.1 Å². The average Bonchev–Trinajstić information content (AvgIpc) is 2.19. The molecule has 2 N–H and O–H groups in total. The van der Waals surface area contributed by atoms with Crippen LogP contribution in [0.3, 0.4) is 0 Å². The van der Waals surface area contributed by atoms with Crippen LogP contribution < -0.4 is 78.7 Å². The monoisotopic (exact) mass is 282 g/mol. The molecule has 88 valence electrons. The first kappa shape index (κ1) is 26.8. The third-order valence-corrected chi connectivity index (χ3v) is 5.24. The maximum Gasteiger partial charge on any atom is 1.00 e. The van der Waals surface area contributed by atoms with E-state index in [4.69, 9.17) is 0 Å². The van der Waals surface area contributed by atoms with Gasteiger partial charge in [0.25, 0.3) is 0 Å². The van der Waals surface area contributed by atoms with Crippen molar-refractivity contribution in [2.45, 2.75) is 38.8 Å². The van der Waals surface area contributed by atoms with E-state index in [-0.39, 0.29) is 59.1 Å². The summed E-state index contributed by atoms with van der Waals surface area (Å²) in [6.45, 7) is 4.07. The van der Waals surface area contributed by atoms with Crippen LogP contribution in [0.5, 0.6) is 0 Å². The topological polar surface area (TPSA) is 70.2 Å².